The Morgan fingerprint density at radius 3 is 2.43 bits per heavy atom. The van der Waals surface area contributed by atoms with Gasteiger partial charge < -0.3 is 10.6 Å². The van der Waals surface area contributed by atoms with E-state index in [4.69, 9.17) is 12.2 Å². The molecule has 5 nitrogen and oxygen atoms in total. The second-order valence-corrected chi connectivity index (χ2v) is 7.67. The molecule has 0 aliphatic carbocycles. The van der Waals surface area contributed by atoms with Crippen LogP contribution in [0.25, 0.3) is 0 Å². The molecule has 2 rings (SSSR count). The van der Waals surface area contributed by atoms with Gasteiger partial charge in [0.05, 0.1) is 4.90 Å². The van der Waals surface area contributed by atoms with Crippen molar-refractivity contribution in [3.8, 4) is 0 Å². The SMILES string of the molecule is CN(C)S(=O)(=O)c1cccc(NC(=S)NCc2ccccc2)c1. The standard InChI is InChI=1S/C16H19N3O2S2/c1-19(2)23(20,21)15-10-6-9-14(11-15)18-16(22)17-12-13-7-4-3-5-8-13/h3-11H,12H2,1-2H3,(H2,17,18,22). The van der Waals surface area contributed by atoms with Crippen LogP contribution < -0.4 is 10.6 Å². The van der Waals surface area contributed by atoms with E-state index in [0.717, 1.165) is 5.56 Å². The molecule has 0 fully saturated rings. The summed E-state index contributed by atoms with van der Waals surface area (Å²) >= 11 is 5.24. The van der Waals surface area contributed by atoms with E-state index < -0.39 is 10.0 Å². The topological polar surface area (TPSA) is 61.4 Å². The maximum Gasteiger partial charge on any atom is 0.242 e. The molecule has 0 spiro atoms. The van der Waals surface area contributed by atoms with Crippen LogP contribution in [0.4, 0.5) is 5.69 Å². The van der Waals surface area contributed by atoms with Gasteiger partial charge in [0.25, 0.3) is 0 Å². The summed E-state index contributed by atoms with van der Waals surface area (Å²) in [5, 5.41) is 6.53. The molecule has 0 atom stereocenters. The van der Waals surface area contributed by atoms with E-state index in [0.29, 0.717) is 17.3 Å². The molecule has 0 saturated carbocycles. The van der Waals surface area contributed by atoms with E-state index in [1.54, 1.807) is 24.3 Å². The first kappa shape index (κ1) is 17.4. The van der Waals surface area contributed by atoms with Crippen LogP contribution in [0, 0.1) is 0 Å². The fourth-order valence-corrected chi connectivity index (χ4v) is 3.04. The van der Waals surface area contributed by atoms with Gasteiger partial charge in [-0.05, 0) is 36.0 Å². The number of thiocarbonyl (C=S) groups is 1. The van der Waals surface area contributed by atoms with E-state index in [-0.39, 0.29) is 4.90 Å². The molecule has 0 heterocycles. The largest absolute Gasteiger partial charge is 0.358 e. The molecule has 0 radical (unpaired) electrons. The van der Waals surface area contributed by atoms with Gasteiger partial charge in [-0.25, -0.2) is 12.7 Å². The second kappa shape index (κ2) is 7.54. The Kier molecular flexibility index (Phi) is 5.70. The molecule has 0 saturated heterocycles. The van der Waals surface area contributed by atoms with Gasteiger partial charge in [-0.15, -0.1) is 0 Å². The third-order valence-corrected chi connectivity index (χ3v) is 5.22. The van der Waals surface area contributed by atoms with Gasteiger partial charge in [-0.2, -0.15) is 0 Å². The minimum atomic E-state index is -3.46. The average molecular weight is 349 g/mol. The van der Waals surface area contributed by atoms with Crippen LogP contribution in [-0.4, -0.2) is 31.9 Å². The monoisotopic (exact) mass is 349 g/mol. The number of hydrogen-bond donors (Lipinski definition) is 2. The first-order valence-electron chi connectivity index (χ1n) is 7.01. The molecule has 122 valence electrons. The zero-order valence-corrected chi connectivity index (χ0v) is 14.6. The summed E-state index contributed by atoms with van der Waals surface area (Å²) in [7, 11) is -0.458. The van der Waals surface area contributed by atoms with Crippen molar-refractivity contribution < 1.29 is 8.42 Å². The van der Waals surface area contributed by atoms with E-state index in [1.165, 1.54) is 18.4 Å². The molecule has 7 heteroatoms. The number of rotatable bonds is 5. The highest BCUT2D eigenvalue weighted by atomic mass is 32.2. The third-order valence-electron chi connectivity index (χ3n) is 3.17. The van der Waals surface area contributed by atoms with E-state index in [9.17, 15) is 8.42 Å². The lowest BCUT2D eigenvalue weighted by Gasteiger charge is -2.14. The Hall–Kier alpha value is -1.96. The molecule has 0 aromatic heterocycles. The molecular formula is C16H19N3O2S2. The summed E-state index contributed by atoms with van der Waals surface area (Å²) in [5.41, 5.74) is 1.74. The molecule has 0 aliphatic heterocycles. The van der Waals surface area contributed by atoms with Crippen LogP contribution >= 0.6 is 12.2 Å². The maximum absolute atomic E-state index is 12.1. The zero-order chi connectivity index (χ0) is 16.9. The van der Waals surface area contributed by atoms with Crippen molar-refractivity contribution >= 4 is 33.0 Å². The van der Waals surface area contributed by atoms with E-state index >= 15 is 0 Å². The van der Waals surface area contributed by atoms with Crippen molar-refractivity contribution in [2.45, 2.75) is 11.4 Å². The lowest BCUT2D eigenvalue weighted by Crippen LogP contribution is -2.28. The smallest absolute Gasteiger partial charge is 0.242 e. The molecule has 0 aliphatic rings. The van der Waals surface area contributed by atoms with Gasteiger partial charge in [0.15, 0.2) is 5.11 Å². The summed E-state index contributed by atoms with van der Waals surface area (Å²) in [6.45, 7) is 0.600. The van der Waals surface area contributed by atoms with Gasteiger partial charge in [0.1, 0.15) is 0 Å². The summed E-state index contributed by atoms with van der Waals surface area (Å²) < 4.78 is 25.4. The highest BCUT2D eigenvalue weighted by Gasteiger charge is 2.17. The Labute approximate surface area is 142 Å². The van der Waals surface area contributed by atoms with Crippen molar-refractivity contribution in [2.75, 3.05) is 19.4 Å². The first-order valence-corrected chi connectivity index (χ1v) is 8.86. The average Bonchev–Trinajstić information content (AvgIpc) is 2.54. The molecule has 0 unspecified atom stereocenters. The Morgan fingerprint density at radius 2 is 1.78 bits per heavy atom. The normalized spacial score (nSPS) is 11.3. The van der Waals surface area contributed by atoms with Crippen molar-refractivity contribution in [3.63, 3.8) is 0 Å². The van der Waals surface area contributed by atoms with Crippen molar-refractivity contribution in [1.29, 1.82) is 0 Å². The lowest BCUT2D eigenvalue weighted by atomic mass is 10.2. The number of nitrogens with one attached hydrogen (secondary N) is 2. The number of nitrogens with zero attached hydrogens (tertiary/aromatic N) is 1. The fraction of sp³-hybridized carbons (Fsp3) is 0.188. The van der Waals surface area contributed by atoms with Crippen LogP contribution in [0.1, 0.15) is 5.56 Å². The summed E-state index contributed by atoms with van der Waals surface area (Å²) in [5.74, 6) is 0. The second-order valence-electron chi connectivity index (χ2n) is 5.11. The van der Waals surface area contributed by atoms with Crippen LogP contribution in [0.2, 0.25) is 0 Å². The first-order chi connectivity index (χ1) is 10.9. The maximum atomic E-state index is 12.1. The van der Waals surface area contributed by atoms with Crippen LogP contribution in [0.15, 0.2) is 59.5 Å². The Morgan fingerprint density at radius 1 is 1.09 bits per heavy atom. The highest BCUT2D eigenvalue weighted by molar-refractivity contribution is 7.89. The number of sulfonamides is 1. The Bertz CT molecular complexity index is 775. The van der Waals surface area contributed by atoms with Crippen LogP contribution in [-0.2, 0) is 16.6 Å². The molecule has 2 aromatic carbocycles. The van der Waals surface area contributed by atoms with Gasteiger partial charge in [-0.3, -0.25) is 0 Å². The quantitative estimate of drug-likeness (QED) is 0.812. The zero-order valence-electron chi connectivity index (χ0n) is 13.0. The predicted molar refractivity (Wildman–Crippen MR) is 96.8 cm³/mol. The van der Waals surface area contributed by atoms with Gasteiger partial charge in [0.2, 0.25) is 10.0 Å². The number of benzene rings is 2. The summed E-state index contributed by atoms with van der Waals surface area (Å²) in [4.78, 5) is 0.221. The van der Waals surface area contributed by atoms with Crippen molar-refractivity contribution in [3.05, 3.63) is 60.2 Å². The third kappa shape index (κ3) is 4.75. The fourth-order valence-electron chi connectivity index (χ4n) is 1.90. The summed E-state index contributed by atoms with van der Waals surface area (Å²) in [6.07, 6.45) is 0. The molecule has 0 bridgehead atoms. The predicted octanol–water partition coefficient (Wildman–Crippen LogP) is 2.42. The molecule has 2 N–H and O–H groups in total. The molecule has 23 heavy (non-hydrogen) atoms. The van der Waals surface area contributed by atoms with Crippen molar-refractivity contribution in [1.82, 2.24) is 9.62 Å². The van der Waals surface area contributed by atoms with Gasteiger partial charge in [-0.1, -0.05) is 36.4 Å². The van der Waals surface area contributed by atoms with Gasteiger partial charge >= 0.3 is 0 Å². The van der Waals surface area contributed by atoms with E-state index in [1.807, 2.05) is 30.3 Å². The summed E-state index contributed by atoms with van der Waals surface area (Å²) in [6, 6.07) is 16.4. The molecule has 2 aromatic rings. The molecular weight excluding hydrogens is 330 g/mol. The molecule has 0 amide bonds. The van der Waals surface area contributed by atoms with Crippen molar-refractivity contribution in [2.24, 2.45) is 0 Å². The van der Waals surface area contributed by atoms with E-state index in [2.05, 4.69) is 10.6 Å². The minimum Gasteiger partial charge on any atom is -0.358 e. The minimum absolute atomic E-state index is 0.221. The lowest BCUT2D eigenvalue weighted by molar-refractivity contribution is 0.521. The Balaban J connectivity index is 2.02. The van der Waals surface area contributed by atoms with Gasteiger partial charge in [0, 0.05) is 26.3 Å². The van der Waals surface area contributed by atoms with Crippen LogP contribution in [0.5, 0.6) is 0 Å². The highest BCUT2D eigenvalue weighted by Crippen LogP contribution is 2.17. The number of hydrogen-bond acceptors (Lipinski definition) is 3. The number of anilines is 1. The van der Waals surface area contributed by atoms with Crippen LogP contribution in [0.3, 0.4) is 0 Å².